The highest BCUT2D eigenvalue weighted by molar-refractivity contribution is 7.89. The van der Waals surface area contributed by atoms with Gasteiger partial charge < -0.3 is 9.84 Å². The van der Waals surface area contributed by atoms with Crippen LogP contribution in [0, 0.1) is 5.92 Å². The molecule has 4 rings (SSSR count). The molecule has 29 heavy (non-hydrogen) atoms. The number of nitrogens with zero attached hydrogens (tertiary/aromatic N) is 3. The van der Waals surface area contributed by atoms with Crippen molar-refractivity contribution in [1.82, 2.24) is 15.0 Å². The van der Waals surface area contributed by atoms with Crippen molar-refractivity contribution >= 4 is 21.6 Å². The third kappa shape index (κ3) is 4.65. The summed E-state index contributed by atoms with van der Waals surface area (Å²) in [7, 11) is -3.74. The van der Waals surface area contributed by atoms with Gasteiger partial charge in [-0.05, 0) is 70.0 Å². The molecule has 2 heterocycles. The molecule has 1 aliphatic carbocycles. The first-order chi connectivity index (χ1) is 13.8. The number of carbonyl (C=O) groups is 1. The Bertz CT molecular complexity index is 976. The largest absolute Gasteiger partial charge is 0.338 e. The second kappa shape index (κ2) is 7.85. The van der Waals surface area contributed by atoms with Crippen molar-refractivity contribution in [1.29, 1.82) is 0 Å². The molecule has 10 heteroatoms. The third-order valence-corrected chi connectivity index (χ3v) is 6.59. The van der Waals surface area contributed by atoms with Crippen LogP contribution in [0.1, 0.15) is 56.3 Å². The van der Waals surface area contributed by atoms with E-state index in [1.54, 1.807) is 12.1 Å². The highest BCUT2D eigenvalue weighted by atomic mass is 32.2. The first-order valence-electron chi connectivity index (χ1n) is 9.82. The van der Waals surface area contributed by atoms with Gasteiger partial charge in [0.2, 0.25) is 21.8 Å². The van der Waals surface area contributed by atoms with E-state index in [2.05, 4.69) is 27.3 Å². The van der Waals surface area contributed by atoms with E-state index in [1.165, 1.54) is 12.1 Å². The fourth-order valence-electron chi connectivity index (χ4n) is 3.60. The number of nitrogens with one attached hydrogen (secondary N) is 1. The number of piperidine rings is 1. The number of primary sulfonamides is 1. The summed E-state index contributed by atoms with van der Waals surface area (Å²) in [6, 6.07) is 5.89. The minimum atomic E-state index is -3.74. The third-order valence-electron chi connectivity index (χ3n) is 5.66. The molecule has 1 unspecified atom stereocenters. The maximum atomic E-state index is 12.6. The normalized spacial score (nSPS) is 19.8. The van der Waals surface area contributed by atoms with E-state index in [1.807, 2.05) is 0 Å². The Morgan fingerprint density at radius 1 is 1.21 bits per heavy atom. The average Bonchev–Trinajstić information content (AvgIpc) is 3.44. The fourth-order valence-corrected chi connectivity index (χ4v) is 4.12. The zero-order chi connectivity index (χ0) is 20.6. The minimum Gasteiger partial charge on any atom is -0.338 e. The molecule has 2 aromatic rings. The number of benzene rings is 1. The molecule has 1 aromatic heterocycles. The number of nitrogens with two attached hydrogens (primary N) is 1. The molecule has 1 aromatic carbocycles. The molecular formula is C19H25N5O4S. The summed E-state index contributed by atoms with van der Waals surface area (Å²) in [6.45, 7) is 3.59. The predicted molar refractivity (Wildman–Crippen MR) is 105 cm³/mol. The lowest BCUT2D eigenvalue weighted by Crippen LogP contribution is -2.39. The molecule has 0 spiro atoms. The van der Waals surface area contributed by atoms with Crippen molar-refractivity contribution in [2.24, 2.45) is 11.1 Å². The van der Waals surface area contributed by atoms with E-state index in [0.29, 0.717) is 17.5 Å². The number of sulfonamides is 1. The second-order valence-electron chi connectivity index (χ2n) is 7.81. The van der Waals surface area contributed by atoms with Crippen LogP contribution in [0.3, 0.4) is 0 Å². The number of hydrogen-bond acceptors (Lipinski definition) is 7. The van der Waals surface area contributed by atoms with Gasteiger partial charge in [0, 0.05) is 17.5 Å². The molecule has 9 nitrogen and oxygen atoms in total. The van der Waals surface area contributed by atoms with E-state index in [4.69, 9.17) is 9.66 Å². The highest BCUT2D eigenvalue weighted by Crippen LogP contribution is 2.39. The predicted octanol–water partition coefficient (Wildman–Crippen LogP) is 2.01. The Balaban J connectivity index is 1.29. The molecule has 2 aliphatic rings. The van der Waals surface area contributed by atoms with Crippen LogP contribution in [-0.4, -0.2) is 42.5 Å². The van der Waals surface area contributed by atoms with Crippen LogP contribution < -0.4 is 10.5 Å². The Morgan fingerprint density at radius 3 is 2.45 bits per heavy atom. The van der Waals surface area contributed by atoms with Crippen LogP contribution in [0.4, 0.5) is 5.69 Å². The quantitative estimate of drug-likeness (QED) is 0.732. The first kappa shape index (κ1) is 20.0. The van der Waals surface area contributed by atoms with Crippen LogP contribution in [0.15, 0.2) is 33.7 Å². The van der Waals surface area contributed by atoms with E-state index < -0.39 is 10.0 Å². The molecule has 1 aliphatic heterocycles. The molecule has 3 N–H and O–H groups in total. The smallest absolute Gasteiger partial charge is 0.243 e. The molecule has 1 saturated carbocycles. The Morgan fingerprint density at radius 2 is 1.86 bits per heavy atom. The van der Waals surface area contributed by atoms with Crippen LogP contribution in [0.2, 0.25) is 0 Å². The highest BCUT2D eigenvalue weighted by Gasteiger charge is 2.32. The summed E-state index contributed by atoms with van der Waals surface area (Å²) in [6.07, 6.45) is 3.74. The van der Waals surface area contributed by atoms with Crippen molar-refractivity contribution in [3.05, 3.63) is 36.0 Å². The monoisotopic (exact) mass is 419 g/mol. The van der Waals surface area contributed by atoms with E-state index in [0.717, 1.165) is 44.6 Å². The summed E-state index contributed by atoms with van der Waals surface area (Å²) < 4.78 is 28.1. The van der Waals surface area contributed by atoms with E-state index in [-0.39, 0.29) is 22.8 Å². The number of hydrogen-bond donors (Lipinski definition) is 2. The van der Waals surface area contributed by atoms with Gasteiger partial charge in [0.25, 0.3) is 0 Å². The summed E-state index contributed by atoms with van der Waals surface area (Å²) in [5.74, 6) is 1.77. The number of aromatic nitrogens is 2. The van der Waals surface area contributed by atoms with Crippen molar-refractivity contribution in [3.8, 4) is 0 Å². The van der Waals surface area contributed by atoms with E-state index >= 15 is 0 Å². The second-order valence-corrected chi connectivity index (χ2v) is 9.37. The lowest BCUT2D eigenvalue weighted by atomic mass is 9.95. The van der Waals surface area contributed by atoms with Crippen molar-refractivity contribution in [2.75, 3.05) is 18.4 Å². The zero-order valence-corrected chi connectivity index (χ0v) is 17.1. The number of carbonyl (C=O) groups excluding carboxylic acids is 1. The maximum absolute atomic E-state index is 12.6. The summed E-state index contributed by atoms with van der Waals surface area (Å²) in [5, 5.41) is 12.0. The Kier molecular flexibility index (Phi) is 5.41. The summed E-state index contributed by atoms with van der Waals surface area (Å²) >= 11 is 0. The van der Waals surface area contributed by atoms with Crippen molar-refractivity contribution in [3.63, 3.8) is 0 Å². The van der Waals surface area contributed by atoms with Gasteiger partial charge in [-0.15, -0.1) is 0 Å². The molecule has 1 saturated heterocycles. The van der Waals surface area contributed by atoms with Gasteiger partial charge in [0.05, 0.1) is 10.9 Å². The van der Waals surface area contributed by atoms with Crippen molar-refractivity contribution in [2.45, 2.75) is 49.5 Å². The minimum absolute atomic E-state index is 0.0173. The van der Waals surface area contributed by atoms with Gasteiger partial charge in [-0.2, -0.15) is 4.98 Å². The van der Waals surface area contributed by atoms with Gasteiger partial charge in [-0.25, -0.2) is 13.6 Å². The summed E-state index contributed by atoms with van der Waals surface area (Å²) in [5.41, 5.74) is 0.552. The molecule has 1 amide bonds. The molecule has 0 radical (unpaired) electrons. The van der Waals surface area contributed by atoms with Gasteiger partial charge >= 0.3 is 0 Å². The van der Waals surface area contributed by atoms with Gasteiger partial charge in [0.1, 0.15) is 0 Å². The van der Waals surface area contributed by atoms with Crippen LogP contribution in [-0.2, 0) is 14.8 Å². The van der Waals surface area contributed by atoms with Crippen LogP contribution in [0.25, 0.3) is 0 Å². The van der Waals surface area contributed by atoms with Crippen LogP contribution in [0.5, 0.6) is 0 Å². The van der Waals surface area contributed by atoms with Crippen molar-refractivity contribution < 1.29 is 17.7 Å². The molecule has 2 fully saturated rings. The average molecular weight is 420 g/mol. The number of likely N-dealkylation sites (tertiary alicyclic amines) is 1. The van der Waals surface area contributed by atoms with Crippen LogP contribution >= 0.6 is 0 Å². The van der Waals surface area contributed by atoms with Gasteiger partial charge in [-0.3, -0.25) is 9.69 Å². The van der Waals surface area contributed by atoms with E-state index in [9.17, 15) is 13.2 Å². The summed E-state index contributed by atoms with van der Waals surface area (Å²) in [4.78, 5) is 19.4. The van der Waals surface area contributed by atoms with Gasteiger partial charge in [-0.1, -0.05) is 5.16 Å². The fraction of sp³-hybridized carbons (Fsp3) is 0.526. The topological polar surface area (TPSA) is 131 Å². The number of anilines is 1. The number of rotatable bonds is 6. The zero-order valence-electron chi connectivity index (χ0n) is 16.2. The molecule has 1 atom stereocenters. The SMILES string of the molecule is CC(c1nc(C2CC2)no1)N1CCC(C(=O)Nc2ccc(S(N)(=O)=O)cc2)CC1. The lowest BCUT2D eigenvalue weighted by molar-refractivity contribution is -0.121. The molecule has 156 valence electrons. The molecular weight excluding hydrogens is 394 g/mol. The first-order valence-corrected chi connectivity index (χ1v) is 11.4. The Hall–Kier alpha value is -2.30. The van der Waals surface area contributed by atoms with Gasteiger partial charge in [0.15, 0.2) is 5.82 Å². The lowest BCUT2D eigenvalue weighted by Gasteiger charge is -2.33. The Labute approximate surface area is 169 Å². The maximum Gasteiger partial charge on any atom is 0.243 e. The molecule has 0 bridgehead atoms. The number of amides is 1. The standard InChI is InChI=1S/C19H25N5O4S/c1-12(19-22-17(23-28-19)13-2-3-13)24-10-8-14(9-11-24)18(25)21-15-4-6-16(7-5-15)29(20,26)27/h4-7,12-14H,2-3,8-11H2,1H3,(H,21,25)(H2,20,26,27).